The Hall–Kier alpha value is -1.81. The van der Waals surface area contributed by atoms with Gasteiger partial charge in [0.2, 0.25) is 0 Å². The summed E-state index contributed by atoms with van der Waals surface area (Å²) in [7, 11) is 7.85. The van der Waals surface area contributed by atoms with Crippen molar-refractivity contribution in [1.29, 1.82) is 0 Å². The highest BCUT2D eigenvalue weighted by Crippen LogP contribution is 2.21. The molecule has 0 amide bonds. The molecule has 2 atom stereocenters. The van der Waals surface area contributed by atoms with Crippen LogP contribution in [0, 0.1) is 13.8 Å². The molecule has 2 unspecified atom stereocenters. The van der Waals surface area contributed by atoms with Gasteiger partial charge in [-0.1, -0.05) is 12.1 Å². The van der Waals surface area contributed by atoms with Gasteiger partial charge in [0, 0.05) is 25.3 Å². The van der Waals surface area contributed by atoms with Gasteiger partial charge in [0.1, 0.15) is 5.75 Å². The van der Waals surface area contributed by atoms with Crippen LogP contribution in [0.5, 0.6) is 5.75 Å². The number of aromatic nitrogens is 2. The minimum atomic E-state index is 0. The van der Waals surface area contributed by atoms with E-state index in [0.717, 1.165) is 30.4 Å². The Morgan fingerprint density at radius 2 is 1.87 bits per heavy atom. The smallest absolute Gasteiger partial charge is 0.191 e. The number of ether oxygens (including phenoxy) is 1. The van der Waals surface area contributed by atoms with Crippen molar-refractivity contribution in [3.05, 3.63) is 46.8 Å². The third-order valence-corrected chi connectivity index (χ3v) is 5.44. The molecular formula is C23H39IN6O. The standard InChI is InChI=1S/C23H38N6O.HI/c1-9-24-23(26-16(2)14-21-17(3)27-29(7)18(21)4)25-15-22(28(5)6)19-10-12-20(30-8)13-11-19;/h10-13,16,22H,9,14-15H2,1-8H3,(H2,24,25,26);1H. The highest BCUT2D eigenvalue weighted by atomic mass is 127. The van der Waals surface area contributed by atoms with E-state index in [1.54, 1.807) is 7.11 Å². The van der Waals surface area contributed by atoms with Crippen LogP contribution in [-0.2, 0) is 13.5 Å². The maximum Gasteiger partial charge on any atom is 0.191 e. The number of benzene rings is 1. The Balaban J connectivity index is 0.00000480. The molecule has 0 radical (unpaired) electrons. The summed E-state index contributed by atoms with van der Waals surface area (Å²) in [6.07, 6.45) is 0.908. The van der Waals surface area contributed by atoms with Gasteiger partial charge in [0.05, 0.1) is 25.4 Å². The lowest BCUT2D eigenvalue weighted by atomic mass is 10.1. The Morgan fingerprint density at radius 3 is 2.35 bits per heavy atom. The van der Waals surface area contributed by atoms with Crippen LogP contribution >= 0.6 is 24.0 Å². The minimum absolute atomic E-state index is 0. The molecule has 1 aromatic carbocycles. The van der Waals surface area contributed by atoms with E-state index in [-0.39, 0.29) is 36.1 Å². The Kier molecular flexibility index (Phi) is 11.3. The number of aryl methyl sites for hydroxylation is 2. The number of rotatable bonds is 9. The van der Waals surface area contributed by atoms with E-state index in [0.29, 0.717) is 6.54 Å². The second-order valence-electron chi connectivity index (χ2n) is 7.99. The first-order valence-corrected chi connectivity index (χ1v) is 10.6. The fraction of sp³-hybridized carbons (Fsp3) is 0.565. The summed E-state index contributed by atoms with van der Waals surface area (Å²) in [5, 5.41) is 11.5. The van der Waals surface area contributed by atoms with Gasteiger partial charge >= 0.3 is 0 Å². The highest BCUT2D eigenvalue weighted by Gasteiger charge is 2.16. The van der Waals surface area contributed by atoms with Gasteiger partial charge in [0.25, 0.3) is 0 Å². The first kappa shape index (κ1) is 27.2. The lowest BCUT2D eigenvalue weighted by Gasteiger charge is -2.24. The van der Waals surface area contributed by atoms with Gasteiger partial charge in [-0.05, 0) is 71.5 Å². The molecule has 174 valence electrons. The Morgan fingerprint density at radius 1 is 1.23 bits per heavy atom. The summed E-state index contributed by atoms with van der Waals surface area (Å²) < 4.78 is 7.23. The SMILES string of the molecule is CCNC(=NCC(c1ccc(OC)cc1)N(C)C)NC(C)Cc1c(C)nn(C)c1C.I. The lowest BCUT2D eigenvalue weighted by molar-refractivity contribution is 0.306. The summed E-state index contributed by atoms with van der Waals surface area (Å²) in [4.78, 5) is 7.08. The molecule has 1 heterocycles. The monoisotopic (exact) mass is 542 g/mol. The van der Waals surface area contributed by atoms with Crippen LogP contribution in [0.3, 0.4) is 0 Å². The van der Waals surface area contributed by atoms with Crippen molar-refractivity contribution in [3.8, 4) is 5.75 Å². The van der Waals surface area contributed by atoms with Gasteiger partial charge in [-0.15, -0.1) is 24.0 Å². The second kappa shape index (κ2) is 12.9. The van der Waals surface area contributed by atoms with E-state index in [9.17, 15) is 0 Å². The number of aliphatic imine (C=N–C) groups is 1. The molecule has 0 aliphatic heterocycles. The zero-order valence-electron chi connectivity index (χ0n) is 20.2. The normalized spacial score (nSPS) is 13.5. The third-order valence-electron chi connectivity index (χ3n) is 5.44. The second-order valence-corrected chi connectivity index (χ2v) is 7.99. The fourth-order valence-electron chi connectivity index (χ4n) is 3.59. The molecule has 0 aliphatic rings. The van der Waals surface area contributed by atoms with Crippen molar-refractivity contribution < 1.29 is 4.74 Å². The molecule has 0 spiro atoms. The third kappa shape index (κ3) is 7.68. The van der Waals surface area contributed by atoms with Crippen LogP contribution < -0.4 is 15.4 Å². The number of methoxy groups -OCH3 is 1. The van der Waals surface area contributed by atoms with E-state index >= 15 is 0 Å². The number of halogens is 1. The van der Waals surface area contributed by atoms with Crippen molar-refractivity contribution >= 4 is 29.9 Å². The van der Waals surface area contributed by atoms with Gasteiger partial charge in [0.15, 0.2) is 5.96 Å². The molecule has 2 aromatic rings. The topological polar surface area (TPSA) is 66.7 Å². The summed E-state index contributed by atoms with van der Waals surface area (Å²) in [6.45, 7) is 9.95. The molecule has 7 nitrogen and oxygen atoms in total. The number of hydrogen-bond donors (Lipinski definition) is 2. The van der Waals surface area contributed by atoms with E-state index in [1.807, 2.05) is 23.9 Å². The molecule has 0 aliphatic carbocycles. The van der Waals surface area contributed by atoms with Crippen molar-refractivity contribution in [2.45, 2.75) is 46.2 Å². The number of guanidine groups is 1. The molecule has 31 heavy (non-hydrogen) atoms. The van der Waals surface area contributed by atoms with E-state index in [1.165, 1.54) is 16.8 Å². The van der Waals surface area contributed by atoms with Crippen molar-refractivity contribution in [2.24, 2.45) is 12.0 Å². The summed E-state index contributed by atoms with van der Waals surface area (Å²) in [5.74, 6) is 1.70. The number of hydrogen-bond acceptors (Lipinski definition) is 4. The van der Waals surface area contributed by atoms with E-state index in [4.69, 9.17) is 9.73 Å². The van der Waals surface area contributed by atoms with Crippen LogP contribution in [0.1, 0.15) is 42.4 Å². The minimum Gasteiger partial charge on any atom is -0.497 e. The molecule has 0 saturated heterocycles. The summed E-state index contributed by atoms with van der Waals surface area (Å²) >= 11 is 0. The summed E-state index contributed by atoms with van der Waals surface area (Å²) in [6, 6.07) is 8.64. The van der Waals surface area contributed by atoms with Gasteiger partial charge in [-0.3, -0.25) is 9.67 Å². The highest BCUT2D eigenvalue weighted by molar-refractivity contribution is 14.0. The van der Waals surface area contributed by atoms with Crippen LogP contribution in [0.25, 0.3) is 0 Å². The van der Waals surface area contributed by atoms with Crippen molar-refractivity contribution in [2.75, 3.05) is 34.3 Å². The lowest BCUT2D eigenvalue weighted by Crippen LogP contribution is -2.43. The van der Waals surface area contributed by atoms with Crippen LogP contribution in [0.15, 0.2) is 29.3 Å². The molecular weight excluding hydrogens is 503 g/mol. The molecule has 2 N–H and O–H groups in total. The van der Waals surface area contributed by atoms with Crippen LogP contribution in [0.2, 0.25) is 0 Å². The Bertz CT molecular complexity index is 831. The molecule has 0 fully saturated rings. The molecule has 1 aromatic heterocycles. The first-order chi connectivity index (χ1) is 14.3. The van der Waals surface area contributed by atoms with Crippen LogP contribution in [-0.4, -0.2) is 61.0 Å². The van der Waals surface area contributed by atoms with E-state index in [2.05, 4.69) is 74.6 Å². The van der Waals surface area contributed by atoms with Gasteiger partial charge < -0.3 is 20.3 Å². The molecule has 0 bridgehead atoms. The number of likely N-dealkylation sites (N-methyl/N-ethyl adjacent to an activating group) is 1. The zero-order valence-corrected chi connectivity index (χ0v) is 22.5. The van der Waals surface area contributed by atoms with Gasteiger partial charge in [-0.25, -0.2) is 0 Å². The maximum absolute atomic E-state index is 5.28. The molecule has 2 rings (SSSR count). The largest absolute Gasteiger partial charge is 0.497 e. The first-order valence-electron chi connectivity index (χ1n) is 10.6. The van der Waals surface area contributed by atoms with Gasteiger partial charge in [-0.2, -0.15) is 5.10 Å². The van der Waals surface area contributed by atoms with Crippen LogP contribution in [0.4, 0.5) is 0 Å². The average molecular weight is 543 g/mol. The quantitative estimate of drug-likeness (QED) is 0.289. The van der Waals surface area contributed by atoms with Crippen molar-refractivity contribution in [1.82, 2.24) is 25.3 Å². The number of nitrogens with zero attached hydrogens (tertiary/aromatic N) is 4. The Labute approximate surface area is 204 Å². The molecule has 0 saturated carbocycles. The maximum atomic E-state index is 5.28. The number of nitrogens with one attached hydrogen (secondary N) is 2. The van der Waals surface area contributed by atoms with Crippen molar-refractivity contribution in [3.63, 3.8) is 0 Å². The predicted octanol–water partition coefficient (Wildman–Crippen LogP) is 3.45. The summed E-state index contributed by atoms with van der Waals surface area (Å²) in [5.41, 5.74) is 4.83. The van der Waals surface area contributed by atoms with E-state index < -0.39 is 0 Å². The zero-order chi connectivity index (χ0) is 22.3. The molecule has 8 heteroatoms. The predicted molar refractivity (Wildman–Crippen MR) is 140 cm³/mol. The average Bonchev–Trinajstić information content (AvgIpc) is 2.94. The fourth-order valence-corrected chi connectivity index (χ4v) is 3.59.